The van der Waals surface area contributed by atoms with E-state index in [9.17, 15) is 14.7 Å². The number of rotatable bonds is 6. The lowest BCUT2D eigenvalue weighted by Gasteiger charge is -2.18. The molecule has 2 N–H and O–H groups in total. The van der Waals surface area contributed by atoms with Gasteiger partial charge < -0.3 is 10.4 Å². The Morgan fingerprint density at radius 2 is 2.14 bits per heavy atom. The van der Waals surface area contributed by atoms with Crippen LogP contribution in [0.1, 0.15) is 34.2 Å². The molecule has 1 amide bonds. The molecule has 0 aliphatic carbocycles. The van der Waals surface area contributed by atoms with Crippen molar-refractivity contribution in [1.29, 1.82) is 0 Å². The Balaban J connectivity index is 2.07. The second-order valence-electron chi connectivity index (χ2n) is 5.05. The molecule has 22 heavy (non-hydrogen) atoms. The lowest BCUT2D eigenvalue weighted by molar-refractivity contribution is -0.142. The maximum Gasteiger partial charge on any atom is 0.330 e. The molecule has 1 heterocycles. The fourth-order valence-corrected chi connectivity index (χ4v) is 2.81. The number of nitrogens with zero attached hydrogens (tertiary/aromatic N) is 1. The standard InChI is InChI=1S/C16H18N2O3S/c1-10-4-3-5-12(11(10)2)15(16(20)21)18-13(19)6-7-14-17-8-9-22-14/h3-5,8-9,15H,6-7H2,1-2H3,(H,18,19)(H,20,21). The number of carbonyl (C=O) groups excluding carboxylic acids is 1. The van der Waals surface area contributed by atoms with Gasteiger partial charge in [0.25, 0.3) is 0 Å². The Morgan fingerprint density at radius 1 is 1.36 bits per heavy atom. The molecule has 2 rings (SSSR count). The molecule has 0 saturated carbocycles. The molecule has 5 nitrogen and oxygen atoms in total. The van der Waals surface area contributed by atoms with Crippen molar-refractivity contribution in [3.63, 3.8) is 0 Å². The summed E-state index contributed by atoms with van der Waals surface area (Å²) in [4.78, 5) is 27.6. The van der Waals surface area contributed by atoms with Crippen molar-refractivity contribution >= 4 is 23.2 Å². The Bertz CT molecular complexity index is 668. The molecular formula is C16H18N2O3S. The number of amides is 1. The third kappa shape index (κ3) is 3.92. The second-order valence-corrected chi connectivity index (χ2v) is 6.03. The van der Waals surface area contributed by atoms with Gasteiger partial charge in [0.15, 0.2) is 6.04 Å². The highest BCUT2D eigenvalue weighted by molar-refractivity contribution is 7.09. The van der Waals surface area contributed by atoms with E-state index in [1.165, 1.54) is 11.3 Å². The predicted molar refractivity (Wildman–Crippen MR) is 84.9 cm³/mol. The van der Waals surface area contributed by atoms with Crippen LogP contribution in [0.15, 0.2) is 29.8 Å². The van der Waals surface area contributed by atoms with Crippen molar-refractivity contribution in [2.24, 2.45) is 0 Å². The van der Waals surface area contributed by atoms with E-state index in [-0.39, 0.29) is 12.3 Å². The van der Waals surface area contributed by atoms with E-state index < -0.39 is 12.0 Å². The van der Waals surface area contributed by atoms with E-state index in [1.54, 1.807) is 18.3 Å². The third-order valence-corrected chi connectivity index (χ3v) is 4.40. The number of thiazole rings is 1. The number of hydrogen-bond donors (Lipinski definition) is 2. The van der Waals surface area contributed by atoms with Gasteiger partial charge in [-0.25, -0.2) is 9.78 Å². The van der Waals surface area contributed by atoms with E-state index in [1.807, 2.05) is 25.3 Å². The first-order valence-electron chi connectivity index (χ1n) is 6.95. The zero-order valence-electron chi connectivity index (χ0n) is 12.5. The Morgan fingerprint density at radius 3 is 2.77 bits per heavy atom. The summed E-state index contributed by atoms with van der Waals surface area (Å²) in [7, 11) is 0. The monoisotopic (exact) mass is 318 g/mol. The van der Waals surface area contributed by atoms with Gasteiger partial charge in [0.2, 0.25) is 5.91 Å². The molecule has 0 aliphatic heterocycles. The van der Waals surface area contributed by atoms with Gasteiger partial charge in [0, 0.05) is 24.4 Å². The smallest absolute Gasteiger partial charge is 0.330 e. The molecule has 1 aromatic carbocycles. The van der Waals surface area contributed by atoms with E-state index in [2.05, 4.69) is 10.3 Å². The minimum absolute atomic E-state index is 0.224. The molecule has 6 heteroatoms. The lowest BCUT2D eigenvalue weighted by atomic mass is 9.97. The summed E-state index contributed by atoms with van der Waals surface area (Å²) in [5, 5.41) is 14.7. The molecule has 1 atom stereocenters. The Labute approximate surface area is 133 Å². The SMILES string of the molecule is Cc1cccc(C(NC(=O)CCc2nccs2)C(=O)O)c1C. The van der Waals surface area contributed by atoms with Crippen LogP contribution in [-0.4, -0.2) is 22.0 Å². The van der Waals surface area contributed by atoms with E-state index >= 15 is 0 Å². The van der Waals surface area contributed by atoms with Crippen LogP contribution in [0.2, 0.25) is 0 Å². The molecule has 1 aromatic heterocycles. The number of carboxylic acid groups (broad SMARTS) is 1. The first-order valence-corrected chi connectivity index (χ1v) is 7.83. The molecule has 0 saturated heterocycles. The van der Waals surface area contributed by atoms with Gasteiger partial charge in [-0.3, -0.25) is 4.79 Å². The largest absolute Gasteiger partial charge is 0.479 e. The number of nitrogens with one attached hydrogen (secondary N) is 1. The quantitative estimate of drug-likeness (QED) is 0.858. The highest BCUT2D eigenvalue weighted by Crippen LogP contribution is 2.21. The molecular weight excluding hydrogens is 300 g/mol. The highest BCUT2D eigenvalue weighted by Gasteiger charge is 2.24. The van der Waals surface area contributed by atoms with Gasteiger partial charge in [-0.1, -0.05) is 18.2 Å². The summed E-state index contributed by atoms with van der Waals surface area (Å²) < 4.78 is 0. The normalized spacial score (nSPS) is 11.9. The van der Waals surface area contributed by atoms with Gasteiger partial charge >= 0.3 is 5.97 Å². The molecule has 0 bridgehead atoms. The summed E-state index contributed by atoms with van der Waals surface area (Å²) >= 11 is 1.48. The number of hydrogen-bond acceptors (Lipinski definition) is 4. The molecule has 116 valence electrons. The Kier molecular flexibility index (Phi) is 5.27. The minimum atomic E-state index is -1.06. The van der Waals surface area contributed by atoms with Gasteiger partial charge in [-0.2, -0.15) is 0 Å². The number of carboxylic acids is 1. The van der Waals surface area contributed by atoms with Crippen LogP contribution in [0, 0.1) is 13.8 Å². The van der Waals surface area contributed by atoms with Crippen LogP contribution in [0.5, 0.6) is 0 Å². The molecule has 0 radical (unpaired) electrons. The van der Waals surface area contributed by atoms with Crippen LogP contribution in [0.4, 0.5) is 0 Å². The highest BCUT2D eigenvalue weighted by atomic mass is 32.1. The van der Waals surface area contributed by atoms with Crippen LogP contribution >= 0.6 is 11.3 Å². The van der Waals surface area contributed by atoms with Gasteiger partial charge in [-0.15, -0.1) is 11.3 Å². The summed E-state index contributed by atoms with van der Waals surface area (Å²) in [5.41, 5.74) is 2.51. The molecule has 0 spiro atoms. The lowest BCUT2D eigenvalue weighted by Crippen LogP contribution is -2.34. The number of aryl methyl sites for hydroxylation is 2. The summed E-state index contributed by atoms with van der Waals surface area (Å²) in [6, 6.07) is 4.43. The average molecular weight is 318 g/mol. The van der Waals surface area contributed by atoms with Crippen molar-refractivity contribution in [3.8, 4) is 0 Å². The molecule has 2 aromatic rings. The average Bonchev–Trinajstić information content (AvgIpc) is 2.99. The van der Waals surface area contributed by atoms with Crippen LogP contribution in [0.3, 0.4) is 0 Å². The van der Waals surface area contributed by atoms with E-state index in [4.69, 9.17) is 0 Å². The van der Waals surface area contributed by atoms with Gasteiger partial charge in [0.05, 0.1) is 5.01 Å². The minimum Gasteiger partial charge on any atom is -0.479 e. The maximum atomic E-state index is 12.0. The maximum absolute atomic E-state index is 12.0. The molecule has 0 fully saturated rings. The zero-order chi connectivity index (χ0) is 16.1. The van der Waals surface area contributed by atoms with Crippen molar-refractivity contribution < 1.29 is 14.7 Å². The first-order chi connectivity index (χ1) is 10.5. The fourth-order valence-electron chi connectivity index (χ4n) is 2.19. The molecule has 1 unspecified atom stereocenters. The summed E-state index contributed by atoms with van der Waals surface area (Å²) in [6.07, 6.45) is 2.43. The number of aliphatic carboxylic acids is 1. The second kappa shape index (κ2) is 7.17. The Hall–Kier alpha value is -2.21. The third-order valence-electron chi connectivity index (χ3n) is 3.56. The fraction of sp³-hybridized carbons (Fsp3) is 0.312. The first kappa shape index (κ1) is 16.2. The number of aromatic nitrogens is 1. The van der Waals surface area contributed by atoms with Crippen molar-refractivity contribution in [2.75, 3.05) is 0 Å². The van der Waals surface area contributed by atoms with Crippen molar-refractivity contribution in [1.82, 2.24) is 10.3 Å². The van der Waals surface area contributed by atoms with Crippen molar-refractivity contribution in [2.45, 2.75) is 32.7 Å². The van der Waals surface area contributed by atoms with Crippen LogP contribution in [0.25, 0.3) is 0 Å². The molecule has 0 aliphatic rings. The number of benzene rings is 1. The topological polar surface area (TPSA) is 79.3 Å². The number of carbonyl (C=O) groups is 2. The van der Waals surface area contributed by atoms with Gasteiger partial charge in [0.1, 0.15) is 0 Å². The summed E-state index contributed by atoms with van der Waals surface area (Å²) in [6.45, 7) is 3.78. The van der Waals surface area contributed by atoms with E-state index in [0.717, 1.165) is 16.1 Å². The van der Waals surface area contributed by atoms with Gasteiger partial charge in [-0.05, 0) is 30.5 Å². The van der Waals surface area contributed by atoms with Crippen LogP contribution < -0.4 is 5.32 Å². The zero-order valence-corrected chi connectivity index (χ0v) is 13.3. The van der Waals surface area contributed by atoms with Crippen LogP contribution in [-0.2, 0) is 16.0 Å². The van der Waals surface area contributed by atoms with Crippen molar-refractivity contribution in [3.05, 3.63) is 51.5 Å². The summed E-state index contributed by atoms with van der Waals surface area (Å²) in [5.74, 6) is -1.35. The van der Waals surface area contributed by atoms with E-state index in [0.29, 0.717) is 12.0 Å². The predicted octanol–water partition coefficient (Wildman–Crippen LogP) is 2.63.